The van der Waals surface area contributed by atoms with Crippen molar-refractivity contribution in [1.29, 1.82) is 0 Å². The summed E-state index contributed by atoms with van der Waals surface area (Å²) < 4.78 is 45.1. The first-order valence-electron chi connectivity index (χ1n) is 11.9. The van der Waals surface area contributed by atoms with Gasteiger partial charge in [0.2, 0.25) is 0 Å². The van der Waals surface area contributed by atoms with E-state index < -0.39 is 14.9 Å². The maximum absolute atomic E-state index is 13.4. The Morgan fingerprint density at radius 3 is 2.45 bits per heavy atom. The molecule has 1 aliphatic carbocycles. The van der Waals surface area contributed by atoms with Crippen LogP contribution in [0.1, 0.15) is 29.5 Å². The number of nitro benzene ring substituents is 1. The normalized spacial score (nSPS) is 19.6. The number of nitrogens with zero attached hydrogens (tertiary/aromatic N) is 1. The van der Waals surface area contributed by atoms with Gasteiger partial charge in [-0.25, -0.2) is 8.42 Å². The molecule has 0 unspecified atom stereocenters. The van der Waals surface area contributed by atoms with Crippen LogP contribution in [0.2, 0.25) is 0 Å². The van der Waals surface area contributed by atoms with Crippen molar-refractivity contribution >= 4 is 27.1 Å². The molecule has 0 spiro atoms. The first-order valence-corrected chi connectivity index (χ1v) is 13.4. The topological polar surface area (TPSA) is 129 Å². The van der Waals surface area contributed by atoms with Gasteiger partial charge < -0.3 is 19.5 Å². The number of nitrogens with one attached hydrogen (secondary N) is 2. The van der Waals surface area contributed by atoms with Crippen molar-refractivity contribution in [2.75, 3.05) is 31.4 Å². The third-order valence-corrected chi connectivity index (χ3v) is 8.42. The van der Waals surface area contributed by atoms with Crippen molar-refractivity contribution in [3.8, 4) is 17.2 Å². The zero-order valence-electron chi connectivity index (χ0n) is 21.0. The monoisotopic (exact) mass is 537 g/mol. The number of allylic oxidation sites excluding steroid dienone is 2. The summed E-state index contributed by atoms with van der Waals surface area (Å²) in [7, 11) is 0.416. The van der Waals surface area contributed by atoms with Crippen molar-refractivity contribution in [3.63, 3.8) is 0 Å². The van der Waals surface area contributed by atoms with Gasteiger partial charge >= 0.3 is 5.69 Å². The largest absolute Gasteiger partial charge is 0.497 e. The predicted molar refractivity (Wildman–Crippen MR) is 143 cm³/mol. The molecule has 10 nitrogen and oxygen atoms in total. The number of methoxy groups -OCH3 is 3. The highest BCUT2D eigenvalue weighted by Crippen LogP contribution is 2.51. The second-order valence-electron chi connectivity index (χ2n) is 9.08. The van der Waals surface area contributed by atoms with Crippen LogP contribution in [0.4, 0.5) is 17.1 Å². The third kappa shape index (κ3) is 4.49. The smallest absolute Gasteiger partial charge is 0.311 e. The van der Waals surface area contributed by atoms with Gasteiger partial charge in [-0.3, -0.25) is 14.8 Å². The summed E-state index contributed by atoms with van der Waals surface area (Å²) in [4.78, 5) is 11.3. The van der Waals surface area contributed by atoms with Crippen molar-refractivity contribution in [1.82, 2.24) is 0 Å². The molecular formula is C27H27N3O7S. The molecule has 198 valence electrons. The molecule has 2 N–H and O–H groups in total. The SMILES string of the molecule is COc1ccc(OC)c(NS(=O)(=O)c2ccc3c(c2)[C@H]2C=CC[C@H]2[C@@H](c2ccc(OC)c([N+](=O)[O-])c2)N3)c1. The molecule has 0 aromatic heterocycles. The Hall–Kier alpha value is -4.25. The van der Waals surface area contributed by atoms with Gasteiger partial charge in [0.15, 0.2) is 5.75 Å². The lowest BCUT2D eigenvalue weighted by molar-refractivity contribution is -0.385. The van der Waals surface area contributed by atoms with Gasteiger partial charge in [-0.15, -0.1) is 0 Å². The molecule has 2 aliphatic rings. The second-order valence-corrected chi connectivity index (χ2v) is 10.8. The Morgan fingerprint density at radius 1 is 0.974 bits per heavy atom. The maximum atomic E-state index is 13.4. The van der Waals surface area contributed by atoms with E-state index in [1.54, 1.807) is 42.5 Å². The van der Waals surface area contributed by atoms with E-state index in [0.717, 1.165) is 23.2 Å². The number of ether oxygens (including phenoxy) is 3. The van der Waals surface area contributed by atoms with Crippen LogP contribution < -0.4 is 24.2 Å². The van der Waals surface area contributed by atoms with Gasteiger partial charge in [0, 0.05) is 23.7 Å². The van der Waals surface area contributed by atoms with Gasteiger partial charge in [0.05, 0.1) is 42.9 Å². The molecular weight excluding hydrogens is 510 g/mol. The Morgan fingerprint density at radius 2 is 1.74 bits per heavy atom. The lowest BCUT2D eigenvalue weighted by Gasteiger charge is -2.37. The average Bonchev–Trinajstić information content (AvgIpc) is 3.42. The minimum atomic E-state index is -3.95. The number of benzene rings is 3. The molecule has 0 saturated heterocycles. The number of hydrogen-bond donors (Lipinski definition) is 2. The molecule has 1 heterocycles. The minimum absolute atomic E-state index is 0.0555. The molecule has 5 rings (SSSR count). The summed E-state index contributed by atoms with van der Waals surface area (Å²) in [5.74, 6) is 1.05. The molecule has 11 heteroatoms. The number of anilines is 2. The lowest BCUT2D eigenvalue weighted by Crippen LogP contribution is -2.29. The van der Waals surface area contributed by atoms with Crippen molar-refractivity contribution < 1.29 is 27.6 Å². The number of fused-ring (bicyclic) bond motifs is 3. The fourth-order valence-corrected chi connectivity index (χ4v) is 6.31. The maximum Gasteiger partial charge on any atom is 0.311 e. The van der Waals surface area contributed by atoms with Gasteiger partial charge in [-0.1, -0.05) is 18.2 Å². The fraction of sp³-hybridized carbons (Fsp3) is 0.259. The molecule has 0 amide bonds. The second kappa shape index (κ2) is 9.90. The van der Waals surface area contributed by atoms with E-state index in [9.17, 15) is 18.5 Å². The van der Waals surface area contributed by atoms with E-state index in [4.69, 9.17) is 14.2 Å². The average molecular weight is 538 g/mol. The van der Waals surface area contributed by atoms with Gasteiger partial charge in [0.1, 0.15) is 11.5 Å². The number of rotatable bonds is 8. The van der Waals surface area contributed by atoms with Crippen LogP contribution in [-0.2, 0) is 10.0 Å². The summed E-state index contributed by atoms with van der Waals surface area (Å²) in [6.45, 7) is 0. The summed E-state index contributed by atoms with van der Waals surface area (Å²) >= 11 is 0. The van der Waals surface area contributed by atoms with E-state index in [0.29, 0.717) is 11.5 Å². The molecule has 3 atom stereocenters. The van der Waals surface area contributed by atoms with Crippen LogP contribution in [0.3, 0.4) is 0 Å². The Labute approximate surface area is 220 Å². The summed E-state index contributed by atoms with van der Waals surface area (Å²) in [5, 5.41) is 15.1. The molecule has 0 bridgehead atoms. The quantitative estimate of drug-likeness (QED) is 0.227. The molecule has 38 heavy (non-hydrogen) atoms. The van der Waals surface area contributed by atoms with E-state index in [-0.39, 0.29) is 39.9 Å². The van der Waals surface area contributed by atoms with E-state index >= 15 is 0 Å². The zero-order chi connectivity index (χ0) is 27.0. The third-order valence-electron chi connectivity index (χ3n) is 7.05. The number of hydrogen-bond acceptors (Lipinski definition) is 8. The summed E-state index contributed by atoms with van der Waals surface area (Å²) in [5.41, 5.74) is 2.57. The molecule has 3 aromatic carbocycles. The van der Waals surface area contributed by atoms with E-state index in [1.165, 1.54) is 27.4 Å². The molecule has 0 radical (unpaired) electrons. The van der Waals surface area contributed by atoms with Crippen molar-refractivity contribution in [2.24, 2.45) is 5.92 Å². The number of sulfonamides is 1. The highest BCUT2D eigenvalue weighted by Gasteiger charge is 2.39. The standard InChI is InChI=1S/C27H27N3O7S/c1-35-17-8-12-25(36-2)23(14-17)29-38(33,34)18-9-10-22-21(15-18)19-5-4-6-20(19)27(28-22)16-7-11-26(37-3)24(13-16)30(31)32/h4-5,7-15,19-20,27-29H,6H2,1-3H3/t19-,20+,27+/m0/s1. The molecule has 3 aromatic rings. The van der Waals surface area contributed by atoms with Gasteiger partial charge in [0.25, 0.3) is 10.0 Å². The minimum Gasteiger partial charge on any atom is -0.497 e. The zero-order valence-corrected chi connectivity index (χ0v) is 21.8. The highest BCUT2D eigenvalue weighted by atomic mass is 32.2. The lowest BCUT2D eigenvalue weighted by atomic mass is 9.77. The van der Waals surface area contributed by atoms with Gasteiger partial charge in [-0.2, -0.15) is 0 Å². The van der Waals surface area contributed by atoms with Crippen molar-refractivity contribution in [3.05, 3.63) is 88.0 Å². The number of nitro groups is 1. The highest BCUT2D eigenvalue weighted by molar-refractivity contribution is 7.92. The molecule has 1 aliphatic heterocycles. The van der Waals surface area contributed by atoms with Crippen LogP contribution >= 0.6 is 0 Å². The summed E-state index contributed by atoms with van der Waals surface area (Å²) in [6.07, 6.45) is 4.89. The van der Waals surface area contributed by atoms with Gasteiger partial charge in [-0.05, 0) is 59.9 Å². The Bertz CT molecular complexity index is 1540. The van der Waals surface area contributed by atoms with E-state index in [2.05, 4.69) is 22.2 Å². The van der Waals surface area contributed by atoms with E-state index in [1.807, 2.05) is 6.07 Å². The van der Waals surface area contributed by atoms with Crippen LogP contribution in [0, 0.1) is 16.0 Å². The molecule has 0 saturated carbocycles. The first-order chi connectivity index (χ1) is 18.2. The summed E-state index contributed by atoms with van der Waals surface area (Å²) in [6, 6.07) is 14.6. The first kappa shape index (κ1) is 25.4. The van der Waals surface area contributed by atoms with Crippen molar-refractivity contribution in [2.45, 2.75) is 23.3 Å². The Balaban J connectivity index is 1.49. The Kier molecular flexibility index (Phi) is 6.62. The molecule has 0 fully saturated rings. The van der Waals surface area contributed by atoms with Crippen LogP contribution in [-0.4, -0.2) is 34.7 Å². The van der Waals surface area contributed by atoms with Crippen LogP contribution in [0.5, 0.6) is 17.2 Å². The van der Waals surface area contributed by atoms with Crippen LogP contribution in [0.15, 0.2) is 71.6 Å². The fourth-order valence-electron chi connectivity index (χ4n) is 5.21. The predicted octanol–water partition coefficient (Wildman–Crippen LogP) is 5.25. The van der Waals surface area contributed by atoms with Crippen LogP contribution in [0.25, 0.3) is 0 Å².